The zero-order valence-electron chi connectivity index (χ0n) is 26.0. The van der Waals surface area contributed by atoms with Crippen LogP contribution in [0, 0.1) is 11.2 Å². The maximum absolute atomic E-state index is 14.3. The summed E-state index contributed by atoms with van der Waals surface area (Å²) in [6.45, 7) is 11.4. The number of carbonyl (C=O) groups is 1. The molecule has 1 spiro atoms. The van der Waals surface area contributed by atoms with Crippen LogP contribution in [0.4, 0.5) is 10.2 Å². The standard InChI is InChI=1S/C33H41FN6O4/c1-5-40(22(2)3)32(41)25-14-23(34)6-7-28(25)44-30-17-35-21-37-31(30)39-19-33(20-39)15-24(16-33)43-29-8-10-36-27-9-11-38(12-13-42-4)18-26(27)29/h6-8,10,14,17,21-22,24H,5,9,11-13,15-16,18-20H2,1-4H3. The molecule has 3 aromatic rings. The van der Waals surface area contributed by atoms with Gasteiger partial charge in [-0.2, -0.15) is 0 Å². The molecule has 0 unspecified atom stereocenters. The van der Waals surface area contributed by atoms with E-state index < -0.39 is 5.82 Å². The number of aromatic nitrogens is 3. The monoisotopic (exact) mass is 604 g/mol. The summed E-state index contributed by atoms with van der Waals surface area (Å²) >= 11 is 0. The van der Waals surface area contributed by atoms with E-state index in [1.165, 1.54) is 30.1 Å². The number of rotatable bonds is 11. The predicted molar refractivity (Wildman–Crippen MR) is 164 cm³/mol. The summed E-state index contributed by atoms with van der Waals surface area (Å²) in [6.07, 6.45) is 7.97. The van der Waals surface area contributed by atoms with Crippen molar-refractivity contribution < 1.29 is 23.4 Å². The van der Waals surface area contributed by atoms with Gasteiger partial charge in [0.25, 0.3) is 5.91 Å². The maximum Gasteiger partial charge on any atom is 0.257 e. The molecule has 0 radical (unpaired) electrons. The topological polar surface area (TPSA) is 93.2 Å². The summed E-state index contributed by atoms with van der Waals surface area (Å²) in [5.74, 6) is 1.55. The molecule has 2 aliphatic heterocycles. The van der Waals surface area contributed by atoms with Gasteiger partial charge in [0.15, 0.2) is 11.6 Å². The number of hydrogen-bond acceptors (Lipinski definition) is 9. The predicted octanol–water partition coefficient (Wildman–Crippen LogP) is 4.73. The van der Waals surface area contributed by atoms with E-state index in [-0.39, 0.29) is 34.8 Å². The van der Waals surface area contributed by atoms with E-state index in [9.17, 15) is 9.18 Å². The highest BCUT2D eigenvalue weighted by Gasteiger charge is 2.54. The molecule has 4 heterocycles. The number of pyridine rings is 1. The van der Waals surface area contributed by atoms with Crippen LogP contribution in [0.5, 0.6) is 17.2 Å². The van der Waals surface area contributed by atoms with Gasteiger partial charge in [-0.1, -0.05) is 0 Å². The van der Waals surface area contributed by atoms with Crippen LogP contribution in [0.25, 0.3) is 0 Å². The van der Waals surface area contributed by atoms with Crippen molar-refractivity contribution in [2.75, 3.05) is 51.3 Å². The molecule has 0 N–H and O–H groups in total. The fourth-order valence-electron chi connectivity index (χ4n) is 6.72. The van der Waals surface area contributed by atoms with Gasteiger partial charge >= 0.3 is 0 Å². The van der Waals surface area contributed by atoms with Crippen LogP contribution in [0.15, 0.2) is 43.0 Å². The molecule has 2 fully saturated rings. The zero-order valence-corrected chi connectivity index (χ0v) is 26.0. The van der Waals surface area contributed by atoms with Crippen molar-refractivity contribution in [1.29, 1.82) is 0 Å². The summed E-state index contributed by atoms with van der Waals surface area (Å²) in [5.41, 5.74) is 2.67. The molecule has 0 bridgehead atoms. The van der Waals surface area contributed by atoms with Crippen LogP contribution in [-0.4, -0.2) is 89.2 Å². The van der Waals surface area contributed by atoms with Gasteiger partial charge in [0.05, 0.1) is 18.4 Å². The molecule has 1 saturated heterocycles. The molecule has 1 aromatic carbocycles. The molecular formula is C33H41FN6O4. The minimum Gasteiger partial charge on any atom is -0.490 e. The van der Waals surface area contributed by atoms with Crippen LogP contribution < -0.4 is 14.4 Å². The Balaban J connectivity index is 1.10. The summed E-state index contributed by atoms with van der Waals surface area (Å²) in [5, 5.41) is 0. The second-order valence-electron chi connectivity index (χ2n) is 12.4. The molecule has 0 atom stereocenters. The molecule has 10 nitrogen and oxygen atoms in total. The van der Waals surface area contributed by atoms with Crippen LogP contribution in [0.1, 0.15) is 55.2 Å². The molecular weight excluding hydrogens is 563 g/mol. The number of hydrogen-bond donors (Lipinski definition) is 0. The Labute approximate surface area is 258 Å². The number of amides is 1. The van der Waals surface area contributed by atoms with Crippen LogP contribution in [-0.2, 0) is 17.7 Å². The Morgan fingerprint density at radius 1 is 1.16 bits per heavy atom. The first kappa shape index (κ1) is 30.2. The first-order valence-electron chi connectivity index (χ1n) is 15.5. The van der Waals surface area contributed by atoms with Crippen molar-refractivity contribution in [2.45, 2.75) is 58.7 Å². The Morgan fingerprint density at radius 3 is 2.73 bits per heavy atom. The molecule has 234 valence electrons. The number of benzene rings is 1. The fraction of sp³-hybridized carbons (Fsp3) is 0.515. The second kappa shape index (κ2) is 12.6. The normalized spacial score (nSPS) is 17.6. The maximum atomic E-state index is 14.3. The van der Waals surface area contributed by atoms with Gasteiger partial charge in [0.2, 0.25) is 0 Å². The SMILES string of the molecule is CCN(C(=O)c1cc(F)ccc1Oc1cncnc1N1CC2(CC(Oc3ccnc4c3CN(CCOC)CC4)C2)C1)C(C)C. The van der Waals surface area contributed by atoms with Gasteiger partial charge in [-0.15, -0.1) is 0 Å². The van der Waals surface area contributed by atoms with Gasteiger partial charge < -0.3 is 24.0 Å². The van der Waals surface area contributed by atoms with Gasteiger partial charge in [-0.25, -0.2) is 14.4 Å². The summed E-state index contributed by atoms with van der Waals surface area (Å²) < 4.78 is 32.3. The van der Waals surface area contributed by atoms with E-state index in [0.717, 1.165) is 63.4 Å². The Morgan fingerprint density at radius 2 is 1.98 bits per heavy atom. The average Bonchev–Trinajstić information content (AvgIpc) is 2.98. The third-order valence-electron chi connectivity index (χ3n) is 9.00. The number of anilines is 1. The van der Waals surface area contributed by atoms with Crippen molar-refractivity contribution >= 4 is 11.7 Å². The summed E-state index contributed by atoms with van der Waals surface area (Å²) in [4.78, 5) is 32.9. The van der Waals surface area contributed by atoms with E-state index in [4.69, 9.17) is 14.2 Å². The van der Waals surface area contributed by atoms with Crippen LogP contribution >= 0.6 is 0 Å². The molecule has 3 aliphatic rings. The Bertz CT molecular complexity index is 1490. The van der Waals surface area contributed by atoms with E-state index in [0.29, 0.717) is 24.7 Å². The molecule has 2 aromatic heterocycles. The highest BCUT2D eigenvalue weighted by atomic mass is 19.1. The number of nitrogens with zero attached hydrogens (tertiary/aromatic N) is 6. The van der Waals surface area contributed by atoms with Crippen LogP contribution in [0.2, 0.25) is 0 Å². The quantitative estimate of drug-likeness (QED) is 0.308. The third kappa shape index (κ3) is 6.08. The summed E-state index contributed by atoms with van der Waals surface area (Å²) in [7, 11) is 1.74. The minimum atomic E-state index is -0.493. The number of fused-ring (bicyclic) bond motifs is 1. The Kier molecular flexibility index (Phi) is 8.68. The lowest BCUT2D eigenvalue weighted by atomic mass is 9.61. The van der Waals surface area contributed by atoms with Gasteiger partial charge in [0, 0.05) is 81.7 Å². The summed E-state index contributed by atoms with van der Waals surface area (Å²) in [6, 6.07) is 5.98. The van der Waals surface area contributed by atoms with E-state index in [1.807, 2.05) is 33.0 Å². The lowest BCUT2D eigenvalue weighted by molar-refractivity contribution is -0.0353. The van der Waals surface area contributed by atoms with E-state index >= 15 is 0 Å². The van der Waals surface area contributed by atoms with Crippen molar-refractivity contribution in [3.8, 4) is 17.2 Å². The lowest BCUT2D eigenvalue weighted by Gasteiger charge is -2.59. The largest absolute Gasteiger partial charge is 0.490 e. The fourth-order valence-corrected chi connectivity index (χ4v) is 6.72. The highest BCUT2D eigenvalue weighted by molar-refractivity contribution is 5.97. The molecule has 11 heteroatoms. The zero-order chi connectivity index (χ0) is 30.8. The smallest absolute Gasteiger partial charge is 0.257 e. The van der Waals surface area contributed by atoms with Crippen molar-refractivity contribution in [3.05, 3.63) is 65.6 Å². The van der Waals surface area contributed by atoms with Crippen molar-refractivity contribution in [2.24, 2.45) is 5.41 Å². The van der Waals surface area contributed by atoms with Crippen molar-refractivity contribution in [1.82, 2.24) is 24.8 Å². The highest BCUT2D eigenvalue weighted by Crippen LogP contribution is 2.52. The first-order chi connectivity index (χ1) is 21.3. The van der Waals surface area contributed by atoms with Crippen molar-refractivity contribution in [3.63, 3.8) is 0 Å². The number of carbonyl (C=O) groups excluding carboxylic acids is 1. The second-order valence-corrected chi connectivity index (χ2v) is 12.4. The van der Waals surface area contributed by atoms with Gasteiger partial charge in [0.1, 0.15) is 29.7 Å². The number of ether oxygens (including phenoxy) is 3. The molecule has 1 saturated carbocycles. The van der Waals surface area contributed by atoms with Gasteiger partial charge in [-0.05, 0) is 57.9 Å². The molecule has 1 amide bonds. The number of methoxy groups -OCH3 is 1. The Hall–Kier alpha value is -3.83. The molecule has 6 rings (SSSR count). The first-order valence-corrected chi connectivity index (χ1v) is 15.5. The molecule has 1 aliphatic carbocycles. The third-order valence-corrected chi connectivity index (χ3v) is 9.00. The lowest BCUT2D eigenvalue weighted by Crippen LogP contribution is -2.65. The van der Waals surface area contributed by atoms with Gasteiger partial charge in [-0.3, -0.25) is 14.7 Å². The van der Waals surface area contributed by atoms with Crippen LogP contribution in [0.3, 0.4) is 0 Å². The van der Waals surface area contributed by atoms with E-state index in [1.54, 1.807) is 18.2 Å². The number of halogens is 1. The average molecular weight is 605 g/mol. The van der Waals surface area contributed by atoms with E-state index in [2.05, 4.69) is 24.8 Å². The minimum absolute atomic E-state index is 0.0358. The molecule has 44 heavy (non-hydrogen) atoms.